The molecule has 2 N–H and O–H groups in total. The number of ether oxygens (including phenoxy) is 1. The Hall–Kier alpha value is -0.940. The highest BCUT2D eigenvalue weighted by Crippen LogP contribution is 1.97. The van der Waals surface area contributed by atoms with Crippen molar-refractivity contribution in [1.82, 2.24) is 9.55 Å². The molecule has 0 spiro atoms. The van der Waals surface area contributed by atoms with E-state index in [1.165, 1.54) is 0 Å². The molecule has 0 aliphatic heterocycles. The first-order valence-electron chi connectivity index (χ1n) is 4.14. The van der Waals surface area contributed by atoms with E-state index in [0.717, 1.165) is 13.2 Å². The largest absolute Gasteiger partial charge is 0.387 e. The minimum atomic E-state index is 0.321. The van der Waals surface area contributed by atoms with Gasteiger partial charge in [-0.05, 0) is 6.92 Å². The third-order valence-electron chi connectivity index (χ3n) is 1.62. The van der Waals surface area contributed by atoms with Crippen LogP contribution >= 0.6 is 12.2 Å². The Morgan fingerprint density at radius 3 is 3.15 bits per heavy atom. The van der Waals surface area contributed by atoms with Crippen molar-refractivity contribution in [2.45, 2.75) is 13.5 Å². The molecule has 1 aromatic heterocycles. The average Bonchev–Trinajstić information content (AvgIpc) is 2.53. The zero-order valence-corrected chi connectivity index (χ0v) is 8.38. The molecule has 0 saturated carbocycles. The molecule has 5 heteroatoms. The van der Waals surface area contributed by atoms with Crippen molar-refractivity contribution in [3.63, 3.8) is 0 Å². The smallest absolute Gasteiger partial charge is 0.167 e. The van der Waals surface area contributed by atoms with Crippen molar-refractivity contribution >= 4 is 17.2 Å². The van der Waals surface area contributed by atoms with Crippen molar-refractivity contribution in [3.05, 3.63) is 18.2 Å². The third-order valence-corrected chi connectivity index (χ3v) is 1.80. The highest BCUT2D eigenvalue weighted by atomic mass is 32.1. The maximum atomic E-state index is 5.47. The zero-order chi connectivity index (χ0) is 9.68. The lowest BCUT2D eigenvalue weighted by atomic mass is 10.5. The van der Waals surface area contributed by atoms with Crippen molar-refractivity contribution in [2.75, 3.05) is 13.2 Å². The molecule has 1 aromatic rings. The summed E-state index contributed by atoms with van der Waals surface area (Å²) < 4.78 is 7.10. The molecule has 0 bridgehead atoms. The quantitative estimate of drug-likeness (QED) is 0.556. The van der Waals surface area contributed by atoms with E-state index in [4.69, 9.17) is 22.7 Å². The number of rotatable bonds is 5. The van der Waals surface area contributed by atoms with Gasteiger partial charge in [0.25, 0.3) is 0 Å². The second kappa shape index (κ2) is 4.94. The number of thiocarbonyl (C=S) groups is 1. The Morgan fingerprint density at radius 1 is 1.77 bits per heavy atom. The Kier molecular flexibility index (Phi) is 3.85. The molecule has 4 nitrogen and oxygen atoms in total. The molecule has 0 radical (unpaired) electrons. The number of nitrogens with zero attached hydrogens (tertiary/aromatic N) is 2. The summed E-state index contributed by atoms with van der Waals surface area (Å²) in [4.78, 5) is 4.36. The van der Waals surface area contributed by atoms with Crippen molar-refractivity contribution in [1.29, 1.82) is 0 Å². The van der Waals surface area contributed by atoms with Crippen LogP contribution in [0.25, 0.3) is 0 Å². The van der Waals surface area contributed by atoms with Gasteiger partial charge in [0, 0.05) is 25.5 Å². The summed E-state index contributed by atoms with van der Waals surface area (Å²) in [5.74, 6) is 0.648. The van der Waals surface area contributed by atoms with Crippen LogP contribution in [-0.2, 0) is 11.3 Å². The number of aromatic nitrogens is 2. The minimum Gasteiger partial charge on any atom is -0.387 e. The number of hydrogen-bond donors (Lipinski definition) is 1. The molecule has 0 unspecified atom stereocenters. The van der Waals surface area contributed by atoms with E-state index >= 15 is 0 Å². The second-order valence-electron chi connectivity index (χ2n) is 2.51. The SMILES string of the molecule is CCOCCn1ccnc1C(N)=S. The predicted octanol–water partition coefficient (Wildman–Crippen LogP) is 0.554. The zero-order valence-electron chi connectivity index (χ0n) is 7.56. The molecule has 0 aromatic carbocycles. The number of hydrogen-bond acceptors (Lipinski definition) is 3. The fourth-order valence-corrected chi connectivity index (χ4v) is 1.19. The molecule has 0 fully saturated rings. The van der Waals surface area contributed by atoms with Gasteiger partial charge in [-0.3, -0.25) is 0 Å². The summed E-state index contributed by atoms with van der Waals surface area (Å²) in [5.41, 5.74) is 5.47. The molecule has 72 valence electrons. The molecule has 0 aliphatic rings. The summed E-state index contributed by atoms with van der Waals surface area (Å²) in [6, 6.07) is 0. The standard InChI is InChI=1S/C8H13N3OS/c1-2-12-6-5-11-4-3-10-8(11)7(9)13/h3-4H,2,5-6H2,1H3,(H2,9,13). The molecule has 0 saturated heterocycles. The monoisotopic (exact) mass is 199 g/mol. The van der Waals surface area contributed by atoms with E-state index in [2.05, 4.69) is 4.98 Å². The maximum absolute atomic E-state index is 5.47. The van der Waals surface area contributed by atoms with Crippen LogP contribution in [0.15, 0.2) is 12.4 Å². The summed E-state index contributed by atoms with van der Waals surface area (Å²) in [6.07, 6.45) is 3.52. The van der Waals surface area contributed by atoms with Gasteiger partial charge in [-0.2, -0.15) is 0 Å². The van der Waals surface area contributed by atoms with Crippen molar-refractivity contribution in [3.8, 4) is 0 Å². The lowest BCUT2D eigenvalue weighted by Crippen LogP contribution is -2.18. The van der Waals surface area contributed by atoms with Gasteiger partial charge in [-0.25, -0.2) is 4.98 Å². The second-order valence-corrected chi connectivity index (χ2v) is 2.95. The van der Waals surface area contributed by atoms with E-state index in [1.54, 1.807) is 6.20 Å². The van der Waals surface area contributed by atoms with Crippen molar-refractivity contribution in [2.24, 2.45) is 5.73 Å². The normalized spacial score (nSPS) is 10.2. The van der Waals surface area contributed by atoms with Crippen LogP contribution in [0.2, 0.25) is 0 Å². The van der Waals surface area contributed by atoms with Gasteiger partial charge in [0.05, 0.1) is 6.61 Å². The van der Waals surface area contributed by atoms with Crippen LogP contribution in [0, 0.1) is 0 Å². The highest BCUT2D eigenvalue weighted by molar-refractivity contribution is 7.80. The molecule has 0 aliphatic carbocycles. The van der Waals surface area contributed by atoms with Crippen LogP contribution < -0.4 is 5.73 Å². The van der Waals surface area contributed by atoms with Gasteiger partial charge in [0.1, 0.15) is 4.99 Å². The summed E-state index contributed by atoms with van der Waals surface area (Å²) >= 11 is 4.84. The summed E-state index contributed by atoms with van der Waals surface area (Å²) in [6.45, 7) is 4.07. The third kappa shape index (κ3) is 2.78. The maximum Gasteiger partial charge on any atom is 0.167 e. The summed E-state index contributed by atoms with van der Waals surface area (Å²) in [7, 11) is 0. The first kappa shape index (κ1) is 10.1. The summed E-state index contributed by atoms with van der Waals surface area (Å²) in [5, 5.41) is 0. The van der Waals surface area contributed by atoms with Gasteiger partial charge >= 0.3 is 0 Å². The van der Waals surface area contributed by atoms with Crippen LogP contribution in [0.1, 0.15) is 12.7 Å². The Balaban J connectivity index is 2.55. The first-order chi connectivity index (χ1) is 6.25. The van der Waals surface area contributed by atoms with Crippen molar-refractivity contribution < 1.29 is 4.74 Å². The molecule has 1 heterocycles. The first-order valence-corrected chi connectivity index (χ1v) is 4.55. The molecule has 0 amide bonds. The Bertz CT molecular complexity index is 285. The van der Waals surface area contributed by atoms with Gasteiger partial charge in [-0.15, -0.1) is 0 Å². The Morgan fingerprint density at radius 2 is 2.54 bits per heavy atom. The van der Waals surface area contributed by atoms with E-state index in [9.17, 15) is 0 Å². The van der Waals surface area contributed by atoms with Gasteiger partial charge in [0.15, 0.2) is 5.82 Å². The van der Waals surface area contributed by atoms with Crippen LogP contribution in [0.4, 0.5) is 0 Å². The van der Waals surface area contributed by atoms with Gasteiger partial charge in [-0.1, -0.05) is 12.2 Å². The fourth-order valence-electron chi connectivity index (χ4n) is 1.02. The highest BCUT2D eigenvalue weighted by Gasteiger charge is 2.03. The fraction of sp³-hybridized carbons (Fsp3) is 0.500. The van der Waals surface area contributed by atoms with Crippen LogP contribution in [0.3, 0.4) is 0 Å². The number of imidazole rings is 1. The average molecular weight is 199 g/mol. The lowest BCUT2D eigenvalue weighted by molar-refractivity contribution is 0.139. The molecule has 1 rings (SSSR count). The molecule has 13 heavy (non-hydrogen) atoms. The molecular weight excluding hydrogens is 186 g/mol. The molecular formula is C8H13N3OS. The number of nitrogens with two attached hydrogens (primary N) is 1. The predicted molar refractivity (Wildman–Crippen MR) is 54.6 cm³/mol. The van der Waals surface area contributed by atoms with Gasteiger partial charge < -0.3 is 15.0 Å². The topological polar surface area (TPSA) is 53.1 Å². The van der Waals surface area contributed by atoms with E-state index in [1.807, 2.05) is 17.7 Å². The van der Waals surface area contributed by atoms with E-state index < -0.39 is 0 Å². The van der Waals surface area contributed by atoms with Gasteiger partial charge in [0.2, 0.25) is 0 Å². The van der Waals surface area contributed by atoms with Crippen LogP contribution in [0.5, 0.6) is 0 Å². The van der Waals surface area contributed by atoms with Crippen LogP contribution in [-0.4, -0.2) is 27.8 Å². The minimum absolute atomic E-state index is 0.321. The van der Waals surface area contributed by atoms with E-state index in [-0.39, 0.29) is 0 Å². The van der Waals surface area contributed by atoms with E-state index in [0.29, 0.717) is 17.4 Å². The Labute approximate surface area is 82.7 Å². The lowest BCUT2D eigenvalue weighted by Gasteiger charge is -2.05. The molecule has 0 atom stereocenters.